The maximum atomic E-state index is 10.6. The predicted molar refractivity (Wildman–Crippen MR) is 76.4 cm³/mol. The molecule has 92 valence electrons. The molecule has 2 rings (SSSR count). The Bertz CT molecular complexity index is 589. The van der Waals surface area contributed by atoms with Gasteiger partial charge in [0.2, 0.25) is 0 Å². The maximum absolute atomic E-state index is 10.6. The van der Waals surface area contributed by atoms with Crippen molar-refractivity contribution in [2.45, 2.75) is 0 Å². The Balaban J connectivity index is 2.21. The zero-order chi connectivity index (χ0) is 13.1. The molecule has 0 atom stereocenters. The Morgan fingerprint density at radius 1 is 1.28 bits per heavy atom. The minimum absolute atomic E-state index is 0.0913. The van der Waals surface area contributed by atoms with Crippen LogP contribution in [-0.4, -0.2) is 21.3 Å². The Kier molecular flexibility index (Phi) is 3.97. The van der Waals surface area contributed by atoms with Crippen LogP contribution in [0, 0.1) is 3.57 Å². The van der Waals surface area contributed by atoms with Crippen LogP contribution in [0.1, 0.15) is 10.5 Å². The maximum Gasteiger partial charge on any atom is 0.356 e. The SMILES string of the molecule is O=C(O)c1ccc(Nc2ccc(Cl)cc2I)nn1. The van der Waals surface area contributed by atoms with Gasteiger partial charge in [-0.25, -0.2) is 4.79 Å². The molecule has 0 saturated carbocycles. The van der Waals surface area contributed by atoms with E-state index in [9.17, 15) is 4.79 Å². The number of carboxylic acid groups (broad SMARTS) is 1. The number of rotatable bonds is 3. The summed E-state index contributed by atoms with van der Waals surface area (Å²) in [5.74, 6) is -0.629. The van der Waals surface area contributed by atoms with Crippen LogP contribution in [0.25, 0.3) is 0 Å². The molecule has 0 aliphatic carbocycles. The summed E-state index contributed by atoms with van der Waals surface area (Å²) in [7, 11) is 0. The summed E-state index contributed by atoms with van der Waals surface area (Å²) in [5, 5.41) is 19.7. The van der Waals surface area contributed by atoms with Gasteiger partial charge in [-0.05, 0) is 52.9 Å². The molecule has 0 radical (unpaired) electrons. The molecule has 1 aromatic heterocycles. The lowest BCUT2D eigenvalue weighted by atomic mass is 10.3. The van der Waals surface area contributed by atoms with E-state index in [0.717, 1.165) is 9.26 Å². The van der Waals surface area contributed by atoms with Gasteiger partial charge in [-0.2, -0.15) is 0 Å². The van der Waals surface area contributed by atoms with E-state index in [0.29, 0.717) is 10.8 Å². The highest BCUT2D eigenvalue weighted by Gasteiger charge is 2.06. The van der Waals surface area contributed by atoms with E-state index in [1.807, 2.05) is 12.1 Å². The van der Waals surface area contributed by atoms with Gasteiger partial charge in [0.05, 0.1) is 5.69 Å². The summed E-state index contributed by atoms with van der Waals surface area (Å²) < 4.78 is 0.934. The van der Waals surface area contributed by atoms with E-state index in [1.165, 1.54) is 6.07 Å². The molecule has 2 aromatic rings. The van der Waals surface area contributed by atoms with Crippen molar-refractivity contribution in [1.29, 1.82) is 0 Å². The highest BCUT2D eigenvalue weighted by molar-refractivity contribution is 14.1. The average molecular weight is 376 g/mol. The minimum Gasteiger partial charge on any atom is -0.476 e. The molecule has 0 spiro atoms. The van der Waals surface area contributed by atoms with Gasteiger partial charge in [-0.1, -0.05) is 11.6 Å². The lowest BCUT2D eigenvalue weighted by Gasteiger charge is -2.07. The van der Waals surface area contributed by atoms with E-state index < -0.39 is 5.97 Å². The minimum atomic E-state index is -1.10. The zero-order valence-electron chi connectivity index (χ0n) is 8.89. The van der Waals surface area contributed by atoms with Crippen LogP contribution >= 0.6 is 34.2 Å². The van der Waals surface area contributed by atoms with Crippen molar-refractivity contribution in [3.05, 3.63) is 44.6 Å². The van der Waals surface area contributed by atoms with Crippen LogP contribution in [0.3, 0.4) is 0 Å². The molecular formula is C11H7ClIN3O2. The van der Waals surface area contributed by atoms with Crippen molar-refractivity contribution >= 4 is 51.7 Å². The second kappa shape index (κ2) is 5.49. The standard InChI is InChI=1S/C11H7ClIN3O2/c12-6-1-2-8(7(13)5-6)14-10-4-3-9(11(17)18)15-16-10/h1-5H,(H,14,16)(H,17,18). The monoisotopic (exact) mass is 375 g/mol. The number of halogens is 2. The number of hydrogen-bond acceptors (Lipinski definition) is 4. The average Bonchev–Trinajstić information content (AvgIpc) is 2.33. The third kappa shape index (κ3) is 3.08. The number of nitrogens with zero attached hydrogens (tertiary/aromatic N) is 2. The Labute approximate surface area is 121 Å². The quantitative estimate of drug-likeness (QED) is 0.806. The number of nitrogens with one attached hydrogen (secondary N) is 1. The third-order valence-electron chi connectivity index (χ3n) is 2.08. The van der Waals surface area contributed by atoms with E-state index in [1.54, 1.807) is 12.1 Å². The topological polar surface area (TPSA) is 75.1 Å². The van der Waals surface area contributed by atoms with Crippen LogP contribution in [0.4, 0.5) is 11.5 Å². The summed E-state index contributed by atoms with van der Waals surface area (Å²) in [6.07, 6.45) is 0. The van der Waals surface area contributed by atoms with Crippen molar-refractivity contribution in [2.75, 3.05) is 5.32 Å². The van der Waals surface area contributed by atoms with Crippen LogP contribution in [0.5, 0.6) is 0 Å². The first-order valence-electron chi connectivity index (χ1n) is 4.85. The number of anilines is 2. The second-order valence-electron chi connectivity index (χ2n) is 3.36. The van der Waals surface area contributed by atoms with Gasteiger partial charge in [0.1, 0.15) is 0 Å². The summed E-state index contributed by atoms with van der Waals surface area (Å²) in [5.41, 5.74) is 0.740. The van der Waals surface area contributed by atoms with Gasteiger partial charge in [0.25, 0.3) is 0 Å². The fourth-order valence-corrected chi connectivity index (χ4v) is 2.25. The van der Waals surface area contributed by atoms with E-state index in [-0.39, 0.29) is 5.69 Å². The number of aromatic carboxylic acids is 1. The molecule has 0 saturated heterocycles. The number of carbonyl (C=O) groups is 1. The lowest BCUT2D eigenvalue weighted by Crippen LogP contribution is -2.04. The number of hydrogen-bond donors (Lipinski definition) is 2. The Morgan fingerprint density at radius 2 is 2.06 bits per heavy atom. The Hall–Kier alpha value is -1.41. The van der Waals surface area contributed by atoms with E-state index >= 15 is 0 Å². The van der Waals surface area contributed by atoms with Crippen molar-refractivity contribution in [3.63, 3.8) is 0 Å². The highest BCUT2D eigenvalue weighted by Crippen LogP contribution is 2.24. The van der Waals surface area contributed by atoms with E-state index in [2.05, 4.69) is 38.1 Å². The first-order chi connectivity index (χ1) is 8.56. The zero-order valence-corrected chi connectivity index (χ0v) is 11.8. The molecule has 18 heavy (non-hydrogen) atoms. The van der Waals surface area contributed by atoms with E-state index in [4.69, 9.17) is 16.7 Å². The fourth-order valence-electron chi connectivity index (χ4n) is 1.24. The summed E-state index contributed by atoms with van der Waals surface area (Å²) in [6, 6.07) is 8.33. The molecular weight excluding hydrogens is 368 g/mol. The molecule has 2 N–H and O–H groups in total. The first kappa shape index (κ1) is 13.0. The largest absolute Gasteiger partial charge is 0.476 e. The van der Waals surface area contributed by atoms with Gasteiger partial charge < -0.3 is 10.4 Å². The molecule has 0 aliphatic heterocycles. The van der Waals surface area contributed by atoms with Crippen molar-refractivity contribution in [1.82, 2.24) is 10.2 Å². The normalized spacial score (nSPS) is 10.1. The smallest absolute Gasteiger partial charge is 0.356 e. The molecule has 0 bridgehead atoms. The highest BCUT2D eigenvalue weighted by atomic mass is 127. The number of benzene rings is 1. The van der Waals surface area contributed by atoms with Crippen molar-refractivity contribution in [2.24, 2.45) is 0 Å². The second-order valence-corrected chi connectivity index (χ2v) is 4.96. The van der Waals surface area contributed by atoms with Crippen LogP contribution in [-0.2, 0) is 0 Å². The van der Waals surface area contributed by atoms with Crippen LogP contribution in [0.2, 0.25) is 5.02 Å². The van der Waals surface area contributed by atoms with Gasteiger partial charge >= 0.3 is 5.97 Å². The summed E-state index contributed by atoms with van der Waals surface area (Å²) >= 11 is 7.99. The molecule has 0 amide bonds. The summed E-state index contributed by atoms with van der Waals surface area (Å²) in [4.78, 5) is 10.6. The predicted octanol–water partition coefficient (Wildman–Crippen LogP) is 3.18. The van der Waals surface area contributed by atoms with Crippen LogP contribution in [0.15, 0.2) is 30.3 Å². The summed E-state index contributed by atoms with van der Waals surface area (Å²) in [6.45, 7) is 0. The van der Waals surface area contributed by atoms with Crippen molar-refractivity contribution in [3.8, 4) is 0 Å². The van der Waals surface area contributed by atoms with Gasteiger partial charge in [0, 0.05) is 8.59 Å². The Morgan fingerprint density at radius 3 is 2.61 bits per heavy atom. The number of aromatic nitrogens is 2. The van der Waals surface area contributed by atoms with Gasteiger partial charge in [-0.3, -0.25) is 0 Å². The molecule has 1 aromatic carbocycles. The number of carboxylic acids is 1. The fraction of sp³-hybridized carbons (Fsp3) is 0. The van der Waals surface area contributed by atoms with Gasteiger partial charge in [0.15, 0.2) is 11.5 Å². The van der Waals surface area contributed by atoms with Gasteiger partial charge in [-0.15, -0.1) is 10.2 Å². The molecule has 0 unspecified atom stereocenters. The third-order valence-corrected chi connectivity index (χ3v) is 3.21. The molecule has 5 nitrogen and oxygen atoms in total. The van der Waals surface area contributed by atoms with Crippen LogP contribution < -0.4 is 5.32 Å². The lowest BCUT2D eigenvalue weighted by molar-refractivity contribution is 0.0689. The van der Waals surface area contributed by atoms with Crippen molar-refractivity contribution < 1.29 is 9.90 Å². The molecule has 0 fully saturated rings. The molecule has 7 heteroatoms. The molecule has 0 aliphatic rings. The molecule has 1 heterocycles. The first-order valence-corrected chi connectivity index (χ1v) is 6.31.